The van der Waals surface area contributed by atoms with Crippen molar-refractivity contribution in [1.82, 2.24) is 25.1 Å². The second-order valence-corrected chi connectivity index (χ2v) is 6.41. The zero-order chi connectivity index (χ0) is 18.2. The van der Waals surface area contributed by atoms with Crippen molar-refractivity contribution in [3.05, 3.63) is 12.4 Å². The molecule has 1 aromatic heterocycles. The maximum Gasteiger partial charge on any atom is 0.321 e. The Balaban J connectivity index is 2.34. The first-order valence-corrected chi connectivity index (χ1v) is 8.44. The van der Waals surface area contributed by atoms with Crippen molar-refractivity contribution in [1.29, 1.82) is 0 Å². The molecular weight excluding hydrogens is 342 g/mol. The van der Waals surface area contributed by atoms with Gasteiger partial charge in [-0.2, -0.15) is 9.82 Å². The van der Waals surface area contributed by atoms with Gasteiger partial charge in [-0.05, 0) is 6.42 Å². The Bertz CT molecular complexity index is 699. The van der Waals surface area contributed by atoms with Crippen molar-refractivity contribution in [3.63, 3.8) is 0 Å². The van der Waals surface area contributed by atoms with Gasteiger partial charge in [0.1, 0.15) is 11.4 Å². The van der Waals surface area contributed by atoms with E-state index in [0.717, 1.165) is 6.20 Å². The lowest BCUT2D eigenvalue weighted by Crippen LogP contribution is -2.42. The maximum atomic E-state index is 11.8. The topological polar surface area (TPSA) is 148 Å². The molecule has 0 unspecified atom stereocenters. The number of rotatable bonds is 8. The number of aryl methyl sites for hydroxylation is 1. The van der Waals surface area contributed by atoms with E-state index in [1.165, 1.54) is 10.9 Å². The summed E-state index contributed by atoms with van der Waals surface area (Å²) in [4.78, 5) is 33.9. The van der Waals surface area contributed by atoms with Crippen molar-refractivity contribution in [2.45, 2.75) is 18.2 Å². The third-order valence-corrected chi connectivity index (χ3v) is 3.91. The molecule has 11 nitrogen and oxygen atoms in total. The standard InChI is InChI=1S/C12H19N5O6S/c1-3-4-13-12(20)16-10(18)8-23-11(19)6-15-24(21,22)9-5-14-17(2)7-9/h5,7,15H,3-4,6,8H2,1-2H3,(H2,13,16,18,20). The van der Waals surface area contributed by atoms with Gasteiger partial charge in [0.05, 0.1) is 6.20 Å². The van der Waals surface area contributed by atoms with Gasteiger partial charge in [0, 0.05) is 19.8 Å². The van der Waals surface area contributed by atoms with E-state index in [4.69, 9.17) is 0 Å². The van der Waals surface area contributed by atoms with Crippen molar-refractivity contribution in [2.24, 2.45) is 7.05 Å². The molecule has 0 aliphatic carbocycles. The van der Waals surface area contributed by atoms with Gasteiger partial charge in [0.15, 0.2) is 6.61 Å². The lowest BCUT2D eigenvalue weighted by atomic mass is 10.5. The number of carbonyl (C=O) groups is 3. The third-order valence-electron chi connectivity index (χ3n) is 2.55. The van der Waals surface area contributed by atoms with Crippen LogP contribution in [-0.2, 0) is 31.4 Å². The molecule has 0 aromatic carbocycles. The van der Waals surface area contributed by atoms with E-state index in [1.54, 1.807) is 7.05 Å². The van der Waals surface area contributed by atoms with E-state index in [-0.39, 0.29) is 4.90 Å². The van der Waals surface area contributed by atoms with Crippen LogP contribution in [-0.4, -0.2) is 55.8 Å². The van der Waals surface area contributed by atoms with Gasteiger partial charge < -0.3 is 10.1 Å². The minimum absolute atomic E-state index is 0.108. The summed E-state index contributed by atoms with van der Waals surface area (Å²) in [5.41, 5.74) is 0. The number of sulfonamides is 1. The zero-order valence-electron chi connectivity index (χ0n) is 13.2. The highest BCUT2D eigenvalue weighted by Gasteiger charge is 2.18. The van der Waals surface area contributed by atoms with E-state index in [0.29, 0.717) is 13.0 Å². The predicted molar refractivity (Wildman–Crippen MR) is 81.2 cm³/mol. The second-order valence-electron chi connectivity index (χ2n) is 4.64. The Morgan fingerprint density at radius 1 is 1.33 bits per heavy atom. The van der Waals surface area contributed by atoms with E-state index in [2.05, 4.69) is 15.2 Å². The van der Waals surface area contributed by atoms with Crippen LogP contribution in [0.2, 0.25) is 0 Å². The first kappa shape index (κ1) is 19.6. The van der Waals surface area contributed by atoms with Crippen LogP contribution in [0.5, 0.6) is 0 Å². The third kappa shape index (κ3) is 6.75. The minimum Gasteiger partial charge on any atom is -0.455 e. The smallest absolute Gasteiger partial charge is 0.321 e. The highest BCUT2D eigenvalue weighted by atomic mass is 32.2. The summed E-state index contributed by atoms with van der Waals surface area (Å²) in [6.07, 6.45) is 3.08. The predicted octanol–water partition coefficient (Wildman–Crippen LogP) is -1.52. The molecule has 24 heavy (non-hydrogen) atoms. The number of imide groups is 1. The fourth-order valence-corrected chi connectivity index (χ4v) is 2.37. The highest BCUT2D eigenvalue weighted by Crippen LogP contribution is 2.05. The summed E-state index contributed by atoms with van der Waals surface area (Å²) in [5, 5.41) is 8.07. The molecule has 0 bridgehead atoms. The average Bonchev–Trinajstić information content (AvgIpc) is 2.96. The normalized spacial score (nSPS) is 10.9. The largest absolute Gasteiger partial charge is 0.455 e. The minimum atomic E-state index is -3.90. The fraction of sp³-hybridized carbons (Fsp3) is 0.500. The summed E-state index contributed by atoms with van der Waals surface area (Å²) in [5.74, 6) is -1.79. The number of nitrogens with one attached hydrogen (secondary N) is 3. The van der Waals surface area contributed by atoms with Crippen LogP contribution < -0.4 is 15.4 Å². The summed E-state index contributed by atoms with van der Waals surface area (Å²) in [6.45, 7) is 0.880. The number of carbonyl (C=O) groups excluding carboxylic acids is 3. The first-order chi connectivity index (χ1) is 11.2. The summed E-state index contributed by atoms with van der Waals surface area (Å²) in [7, 11) is -2.36. The molecule has 0 atom stereocenters. The first-order valence-electron chi connectivity index (χ1n) is 6.96. The summed E-state index contributed by atoms with van der Waals surface area (Å²) in [6, 6.07) is -0.699. The number of urea groups is 1. The van der Waals surface area contributed by atoms with Crippen LogP contribution in [0.25, 0.3) is 0 Å². The van der Waals surface area contributed by atoms with Gasteiger partial charge in [0.25, 0.3) is 5.91 Å². The highest BCUT2D eigenvalue weighted by molar-refractivity contribution is 7.89. The SMILES string of the molecule is CCCNC(=O)NC(=O)COC(=O)CNS(=O)(=O)c1cnn(C)c1. The summed E-state index contributed by atoms with van der Waals surface area (Å²) < 4.78 is 31.5. The molecular formula is C12H19N5O6S. The van der Waals surface area contributed by atoms with E-state index in [9.17, 15) is 22.8 Å². The average molecular weight is 361 g/mol. The molecule has 0 aliphatic rings. The molecule has 0 spiro atoms. The number of hydrogen-bond acceptors (Lipinski definition) is 7. The molecule has 0 saturated carbocycles. The number of nitrogens with zero attached hydrogens (tertiary/aromatic N) is 2. The molecule has 3 amide bonds. The number of hydrogen-bond donors (Lipinski definition) is 3. The molecule has 1 rings (SSSR count). The molecule has 0 saturated heterocycles. The van der Waals surface area contributed by atoms with Crippen LogP contribution in [0.1, 0.15) is 13.3 Å². The number of aromatic nitrogens is 2. The van der Waals surface area contributed by atoms with Crippen LogP contribution >= 0.6 is 0 Å². The van der Waals surface area contributed by atoms with Crippen molar-refractivity contribution in [2.75, 3.05) is 19.7 Å². The molecule has 1 aromatic rings. The lowest BCUT2D eigenvalue weighted by Gasteiger charge is -2.07. The molecule has 0 aliphatic heterocycles. The number of ether oxygens (including phenoxy) is 1. The second kappa shape index (κ2) is 8.98. The van der Waals surface area contributed by atoms with E-state index >= 15 is 0 Å². The molecule has 3 N–H and O–H groups in total. The quantitative estimate of drug-likeness (QED) is 0.476. The van der Waals surface area contributed by atoms with Crippen LogP contribution in [0.4, 0.5) is 4.79 Å². The van der Waals surface area contributed by atoms with E-state index in [1.807, 2.05) is 17.0 Å². The molecule has 0 radical (unpaired) electrons. The lowest BCUT2D eigenvalue weighted by molar-refractivity contribution is -0.147. The molecule has 1 heterocycles. The van der Waals surface area contributed by atoms with Gasteiger partial charge >= 0.3 is 12.0 Å². The van der Waals surface area contributed by atoms with Crippen LogP contribution in [0.3, 0.4) is 0 Å². The van der Waals surface area contributed by atoms with Crippen LogP contribution in [0, 0.1) is 0 Å². The Hall–Kier alpha value is -2.47. The van der Waals surface area contributed by atoms with Gasteiger partial charge in [0.2, 0.25) is 10.0 Å². The number of amides is 3. The van der Waals surface area contributed by atoms with Crippen molar-refractivity contribution in [3.8, 4) is 0 Å². The van der Waals surface area contributed by atoms with Gasteiger partial charge in [-0.3, -0.25) is 19.6 Å². The fourth-order valence-electron chi connectivity index (χ4n) is 1.42. The molecule has 0 fully saturated rings. The van der Waals surface area contributed by atoms with Gasteiger partial charge in [-0.1, -0.05) is 6.92 Å². The zero-order valence-corrected chi connectivity index (χ0v) is 14.1. The van der Waals surface area contributed by atoms with Crippen LogP contribution in [0.15, 0.2) is 17.3 Å². The molecule has 12 heteroatoms. The Labute approximate surface area is 138 Å². The summed E-state index contributed by atoms with van der Waals surface area (Å²) >= 11 is 0. The van der Waals surface area contributed by atoms with E-state index < -0.39 is 41.1 Å². The number of esters is 1. The Morgan fingerprint density at radius 3 is 2.62 bits per heavy atom. The van der Waals surface area contributed by atoms with Crippen molar-refractivity contribution >= 4 is 27.9 Å². The Kier molecular flexibility index (Phi) is 7.32. The monoisotopic (exact) mass is 361 g/mol. The van der Waals surface area contributed by atoms with Crippen molar-refractivity contribution < 1.29 is 27.5 Å². The van der Waals surface area contributed by atoms with Gasteiger partial charge in [-0.25, -0.2) is 13.2 Å². The Morgan fingerprint density at radius 2 is 2.04 bits per heavy atom. The van der Waals surface area contributed by atoms with Gasteiger partial charge in [-0.15, -0.1) is 0 Å². The molecule has 134 valence electrons. The maximum absolute atomic E-state index is 11.8.